The normalized spacial score (nSPS) is 15.5. The van der Waals surface area contributed by atoms with Crippen molar-refractivity contribution in [2.24, 2.45) is 14.1 Å². The number of benzene rings is 1. The predicted octanol–water partition coefficient (Wildman–Crippen LogP) is 0.990. The molecule has 0 spiro atoms. The zero-order chi connectivity index (χ0) is 24.4. The van der Waals surface area contributed by atoms with Crippen LogP contribution >= 0.6 is 11.8 Å². The van der Waals surface area contributed by atoms with Crippen molar-refractivity contribution in [3.05, 3.63) is 55.2 Å². The molecule has 178 valence electrons. The van der Waals surface area contributed by atoms with E-state index in [2.05, 4.69) is 15.3 Å². The number of nitrogens with zero attached hydrogens (tertiary/aromatic N) is 5. The van der Waals surface area contributed by atoms with E-state index in [1.165, 1.54) is 36.9 Å². The maximum atomic E-state index is 12.9. The van der Waals surface area contributed by atoms with E-state index in [9.17, 15) is 24.5 Å². The quantitative estimate of drug-likeness (QED) is 0.223. The number of non-ortho nitro benzene ring substituents is 1. The van der Waals surface area contributed by atoms with Crippen molar-refractivity contribution in [2.45, 2.75) is 24.0 Å². The highest BCUT2D eigenvalue weighted by Gasteiger charge is 2.21. The number of nitro benzene ring substituents is 1. The Balaban J connectivity index is 1.73. The summed E-state index contributed by atoms with van der Waals surface area (Å²) in [4.78, 5) is 57.3. The molecule has 1 aliphatic rings. The molecule has 3 heterocycles. The van der Waals surface area contributed by atoms with E-state index in [0.717, 1.165) is 29.2 Å². The zero-order valence-corrected chi connectivity index (χ0v) is 19.3. The van der Waals surface area contributed by atoms with Crippen molar-refractivity contribution in [1.29, 1.82) is 0 Å². The summed E-state index contributed by atoms with van der Waals surface area (Å²) in [6, 6.07) is 5.73. The Bertz CT molecular complexity index is 1390. The summed E-state index contributed by atoms with van der Waals surface area (Å²) in [5, 5.41) is 14.3. The molecule has 13 heteroatoms. The number of thioether (sulfide) groups is 1. The number of rotatable bonds is 7. The molecule has 1 atom stereocenters. The first-order valence-electron chi connectivity index (χ1n) is 10.5. The second kappa shape index (κ2) is 9.73. The fourth-order valence-electron chi connectivity index (χ4n) is 3.64. The third-order valence-electron chi connectivity index (χ3n) is 5.47. The molecule has 0 unspecified atom stereocenters. The summed E-state index contributed by atoms with van der Waals surface area (Å²) >= 11 is 1.03. The van der Waals surface area contributed by atoms with Gasteiger partial charge in [-0.2, -0.15) is 0 Å². The van der Waals surface area contributed by atoms with Gasteiger partial charge in [0, 0.05) is 44.9 Å². The van der Waals surface area contributed by atoms with Crippen LogP contribution in [0.1, 0.15) is 12.8 Å². The Morgan fingerprint density at radius 2 is 2.09 bits per heavy atom. The third-order valence-corrected chi connectivity index (χ3v) is 6.45. The summed E-state index contributed by atoms with van der Waals surface area (Å²) in [7, 11) is 2.82. The molecule has 0 bridgehead atoms. The first kappa shape index (κ1) is 23.6. The molecule has 1 saturated heterocycles. The Morgan fingerprint density at radius 3 is 2.79 bits per heavy atom. The molecule has 2 aromatic heterocycles. The van der Waals surface area contributed by atoms with Gasteiger partial charge in [-0.25, -0.2) is 14.8 Å². The van der Waals surface area contributed by atoms with Gasteiger partial charge in [0.1, 0.15) is 10.4 Å². The highest BCUT2D eigenvalue weighted by molar-refractivity contribution is 8.00. The molecule has 0 saturated carbocycles. The molecule has 0 radical (unpaired) electrons. The summed E-state index contributed by atoms with van der Waals surface area (Å²) < 4.78 is 7.66. The fourth-order valence-corrected chi connectivity index (χ4v) is 4.48. The molecule has 34 heavy (non-hydrogen) atoms. The van der Waals surface area contributed by atoms with Gasteiger partial charge in [-0.15, -0.1) is 0 Å². The molecule has 1 fully saturated rings. The van der Waals surface area contributed by atoms with Crippen molar-refractivity contribution in [3.8, 4) is 11.4 Å². The minimum atomic E-state index is -0.592. The number of hydrogen-bond acceptors (Lipinski definition) is 9. The van der Waals surface area contributed by atoms with Crippen LogP contribution in [0.15, 0.2) is 38.9 Å². The standard InChI is InChI=1S/C21H22N6O6S/c1-25-18-16(20(29)26(2)21(25)30)19(34-11-15(28)22-10-14-7-4-8-33-14)24-17(23-18)12-5-3-6-13(9-12)27(31)32/h3,5-6,9,14H,4,7-8,10-11H2,1-2H3,(H,22,28)/t14-/m1/s1. The molecule has 1 aromatic carbocycles. The summed E-state index contributed by atoms with van der Waals surface area (Å²) in [5.41, 5.74) is -0.903. The van der Waals surface area contributed by atoms with E-state index < -0.39 is 16.2 Å². The topological polar surface area (TPSA) is 151 Å². The van der Waals surface area contributed by atoms with E-state index in [4.69, 9.17) is 4.74 Å². The molecule has 1 N–H and O–H groups in total. The fraction of sp³-hybridized carbons (Fsp3) is 0.381. The number of nitro groups is 1. The van der Waals surface area contributed by atoms with Crippen molar-refractivity contribution in [3.63, 3.8) is 0 Å². The van der Waals surface area contributed by atoms with Gasteiger partial charge in [0.05, 0.1) is 16.8 Å². The highest BCUT2D eigenvalue weighted by atomic mass is 32.2. The van der Waals surface area contributed by atoms with Crippen LogP contribution in [0.25, 0.3) is 22.4 Å². The van der Waals surface area contributed by atoms with E-state index in [1.54, 1.807) is 6.07 Å². The lowest BCUT2D eigenvalue weighted by molar-refractivity contribution is -0.384. The lowest BCUT2D eigenvalue weighted by Gasteiger charge is -2.13. The lowest BCUT2D eigenvalue weighted by atomic mass is 10.2. The number of aryl methyl sites for hydroxylation is 1. The van der Waals surface area contributed by atoms with Crippen molar-refractivity contribution < 1.29 is 14.5 Å². The van der Waals surface area contributed by atoms with Gasteiger partial charge in [0.2, 0.25) is 5.91 Å². The average molecular weight is 487 g/mol. The molecule has 12 nitrogen and oxygen atoms in total. The van der Waals surface area contributed by atoms with Crippen LogP contribution in [-0.4, -0.2) is 54.9 Å². The first-order chi connectivity index (χ1) is 16.3. The Hall–Kier alpha value is -3.58. The van der Waals surface area contributed by atoms with Gasteiger partial charge in [0.15, 0.2) is 11.5 Å². The van der Waals surface area contributed by atoms with Crippen LogP contribution in [0.3, 0.4) is 0 Å². The molecule has 1 aliphatic heterocycles. The largest absolute Gasteiger partial charge is 0.376 e. The van der Waals surface area contributed by atoms with Crippen LogP contribution in [-0.2, 0) is 23.6 Å². The molecular weight excluding hydrogens is 464 g/mol. The number of carbonyl (C=O) groups is 1. The number of fused-ring (bicyclic) bond motifs is 1. The number of ether oxygens (including phenoxy) is 1. The summed E-state index contributed by atoms with van der Waals surface area (Å²) in [6.07, 6.45) is 1.85. The van der Waals surface area contributed by atoms with Gasteiger partial charge < -0.3 is 10.1 Å². The highest BCUT2D eigenvalue weighted by Crippen LogP contribution is 2.27. The van der Waals surface area contributed by atoms with Gasteiger partial charge in [-0.3, -0.25) is 28.8 Å². The number of nitrogens with one attached hydrogen (secondary N) is 1. The molecule has 0 aliphatic carbocycles. The molecular formula is C21H22N6O6S. The predicted molar refractivity (Wildman–Crippen MR) is 125 cm³/mol. The minimum absolute atomic E-state index is 0.00359. The minimum Gasteiger partial charge on any atom is -0.376 e. The third kappa shape index (κ3) is 4.70. The van der Waals surface area contributed by atoms with Gasteiger partial charge in [-0.1, -0.05) is 23.9 Å². The lowest BCUT2D eigenvalue weighted by Crippen LogP contribution is -2.38. The SMILES string of the molecule is Cn1c(=O)c2c(SCC(=O)NC[C@H]3CCCO3)nc(-c3cccc([N+](=O)[O-])c3)nc2n(C)c1=O. The van der Waals surface area contributed by atoms with Gasteiger partial charge >= 0.3 is 5.69 Å². The molecule has 1 amide bonds. The summed E-state index contributed by atoms with van der Waals surface area (Å²) in [6.45, 7) is 1.09. The van der Waals surface area contributed by atoms with Crippen molar-refractivity contribution >= 4 is 34.4 Å². The van der Waals surface area contributed by atoms with Crippen LogP contribution < -0.4 is 16.6 Å². The maximum Gasteiger partial charge on any atom is 0.332 e. The Morgan fingerprint density at radius 1 is 1.29 bits per heavy atom. The zero-order valence-electron chi connectivity index (χ0n) is 18.5. The number of carbonyl (C=O) groups excluding carboxylic acids is 1. The van der Waals surface area contributed by atoms with E-state index in [0.29, 0.717) is 18.7 Å². The molecule has 4 rings (SSSR count). The summed E-state index contributed by atoms with van der Waals surface area (Å²) in [5.74, 6) is -0.188. The van der Waals surface area contributed by atoms with Gasteiger partial charge in [0.25, 0.3) is 11.2 Å². The van der Waals surface area contributed by atoms with E-state index in [-0.39, 0.29) is 45.3 Å². The maximum absolute atomic E-state index is 12.9. The molecule has 3 aromatic rings. The van der Waals surface area contributed by atoms with Crippen LogP contribution in [0.5, 0.6) is 0 Å². The second-order valence-corrected chi connectivity index (χ2v) is 8.76. The van der Waals surface area contributed by atoms with Crippen molar-refractivity contribution in [2.75, 3.05) is 18.9 Å². The van der Waals surface area contributed by atoms with Gasteiger partial charge in [-0.05, 0) is 12.8 Å². The number of amides is 1. The van der Waals surface area contributed by atoms with Crippen LogP contribution in [0.2, 0.25) is 0 Å². The second-order valence-electron chi connectivity index (χ2n) is 7.79. The van der Waals surface area contributed by atoms with Crippen LogP contribution in [0, 0.1) is 10.1 Å². The smallest absolute Gasteiger partial charge is 0.332 e. The average Bonchev–Trinajstić information content (AvgIpc) is 3.37. The first-order valence-corrected chi connectivity index (χ1v) is 11.5. The Kier molecular flexibility index (Phi) is 6.75. The monoisotopic (exact) mass is 486 g/mol. The number of hydrogen-bond donors (Lipinski definition) is 1. The van der Waals surface area contributed by atoms with E-state index in [1.807, 2.05) is 0 Å². The Labute approximate surface area is 197 Å². The van der Waals surface area contributed by atoms with E-state index >= 15 is 0 Å². The van der Waals surface area contributed by atoms with Crippen molar-refractivity contribution in [1.82, 2.24) is 24.4 Å². The van der Waals surface area contributed by atoms with Crippen LogP contribution in [0.4, 0.5) is 5.69 Å². The number of aromatic nitrogens is 4.